The maximum absolute atomic E-state index is 13.6. The molecule has 0 aliphatic rings. The van der Waals surface area contributed by atoms with Crippen molar-refractivity contribution in [3.8, 4) is 11.3 Å². The van der Waals surface area contributed by atoms with Crippen molar-refractivity contribution in [2.75, 3.05) is 6.54 Å². The van der Waals surface area contributed by atoms with Crippen LogP contribution < -0.4 is 5.32 Å². The first kappa shape index (κ1) is 13.7. The Morgan fingerprint density at radius 1 is 1.21 bits per heavy atom. The minimum Gasteiger partial charge on any atom is -0.459 e. The molecule has 1 aromatic heterocycles. The van der Waals surface area contributed by atoms with Gasteiger partial charge < -0.3 is 9.73 Å². The third-order valence-corrected chi connectivity index (χ3v) is 2.97. The highest BCUT2D eigenvalue weighted by Gasteiger charge is 2.15. The van der Waals surface area contributed by atoms with E-state index >= 15 is 0 Å². The number of hydrogen-bond acceptors (Lipinski definition) is 2. The highest BCUT2D eigenvalue weighted by atomic mass is 19.2. The SMILES string of the molecule is CCCNC(C)c1ccc(-c2cccc(F)c2F)o1. The van der Waals surface area contributed by atoms with E-state index in [1.807, 2.05) is 6.92 Å². The second-order valence-corrected chi connectivity index (χ2v) is 4.48. The molecule has 0 spiro atoms. The first-order valence-electron chi connectivity index (χ1n) is 6.41. The van der Waals surface area contributed by atoms with Gasteiger partial charge in [0, 0.05) is 0 Å². The fourth-order valence-corrected chi connectivity index (χ4v) is 1.89. The lowest BCUT2D eigenvalue weighted by atomic mass is 10.1. The summed E-state index contributed by atoms with van der Waals surface area (Å²) < 4.78 is 32.4. The Kier molecular flexibility index (Phi) is 4.32. The molecule has 0 amide bonds. The molecule has 1 unspecified atom stereocenters. The van der Waals surface area contributed by atoms with E-state index in [1.54, 1.807) is 12.1 Å². The van der Waals surface area contributed by atoms with E-state index in [0.717, 1.165) is 19.0 Å². The van der Waals surface area contributed by atoms with Crippen molar-refractivity contribution in [2.24, 2.45) is 0 Å². The Hall–Kier alpha value is -1.68. The predicted octanol–water partition coefficient (Wildman–Crippen LogP) is 4.29. The third kappa shape index (κ3) is 3.01. The van der Waals surface area contributed by atoms with Gasteiger partial charge in [0.25, 0.3) is 0 Å². The zero-order valence-corrected chi connectivity index (χ0v) is 11.0. The molecule has 2 rings (SSSR count). The van der Waals surface area contributed by atoms with Gasteiger partial charge in [0.05, 0.1) is 11.6 Å². The first-order valence-corrected chi connectivity index (χ1v) is 6.41. The molecule has 1 heterocycles. The second-order valence-electron chi connectivity index (χ2n) is 4.48. The van der Waals surface area contributed by atoms with Gasteiger partial charge in [0.15, 0.2) is 11.6 Å². The topological polar surface area (TPSA) is 25.2 Å². The molecule has 0 saturated heterocycles. The van der Waals surface area contributed by atoms with Crippen LogP contribution in [0.1, 0.15) is 32.1 Å². The summed E-state index contributed by atoms with van der Waals surface area (Å²) in [6.45, 7) is 4.93. The smallest absolute Gasteiger partial charge is 0.169 e. The summed E-state index contributed by atoms with van der Waals surface area (Å²) in [5.41, 5.74) is 0.147. The monoisotopic (exact) mass is 265 g/mol. The molecule has 4 heteroatoms. The summed E-state index contributed by atoms with van der Waals surface area (Å²) in [5, 5.41) is 3.28. The molecular formula is C15H17F2NO. The van der Waals surface area contributed by atoms with Gasteiger partial charge in [0.2, 0.25) is 0 Å². The fourth-order valence-electron chi connectivity index (χ4n) is 1.89. The molecule has 2 nitrogen and oxygen atoms in total. The van der Waals surface area contributed by atoms with Crippen molar-refractivity contribution in [3.63, 3.8) is 0 Å². The quantitative estimate of drug-likeness (QED) is 0.872. The molecule has 102 valence electrons. The standard InChI is InChI=1S/C15H17F2NO/c1-3-9-18-10(2)13-7-8-14(19-13)11-5-4-6-12(16)15(11)17/h4-8,10,18H,3,9H2,1-2H3. The van der Waals surface area contributed by atoms with Crippen LogP contribution in [0, 0.1) is 11.6 Å². The van der Waals surface area contributed by atoms with Gasteiger partial charge in [-0.2, -0.15) is 0 Å². The van der Waals surface area contributed by atoms with Gasteiger partial charge in [-0.15, -0.1) is 0 Å². The minimum absolute atomic E-state index is 0.0466. The van der Waals surface area contributed by atoms with Crippen LogP contribution in [0.3, 0.4) is 0 Å². The third-order valence-electron chi connectivity index (χ3n) is 2.97. The van der Waals surface area contributed by atoms with Crippen LogP contribution in [0.15, 0.2) is 34.7 Å². The van der Waals surface area contributed by atoms with Crippen molar-refractivity contribution in [1.82, 2.24) is 5.32 Å². The summed E-state index contributed by atoms with van der Waals surface area (Å²) in [6, 6.07) is 7.56. The summed E-state index contributed by atoms with van der Waals surface area (Å²) >= 11 is 0. The van der Waals surface area contributed by atoms with Gasteiger partial charge in [-0.05, 0) is 44.2 Å². The Balaban J connectivity index is 2.23. The molecule has 0 radical (unpaired) electrons. The molecule has 19 heavy (non-hydrogen) atoms. The largest absolute Gasteiger partial charge is 0.459 e. The van der Waals surface area contributed by atoms with Crippen LogP contribution in [0.25, 0.3) is 11.3 Å². The maximum atomic E-state index is 13.6. The zero-order chi connectivity index (χ0) is 13.8. The van der Waals surface area contributed by atoms with Crippen LogP contribution in [-0.4, -0.2) is 6.54 Å². The molecule has 1 atom stereocenters. The minimum atomic E-state index is -0.877. The van der Waals surface area contributed by atoms with Crippen molar-refractivity contribution < 1.29 is 13.2 Å². The van der Waals surface area contributed by atoms with Crippen LogP contribution in [0.2, 0.25) is 0 Å². The lowest BCUT2D eigenvalue weighted by Gasteiger charge is -2.09. The van der Waals surface area contributed by atoms with E-state index in [-0.39, 0.29) is 11.6 Å². The molecular weight excluding hydrogens is 248 g/mol. The lowest BCUT2D eigenvalue weighted by Crippen LogP contribution is -2.18. The van der Waals surface area contributed by atoms with Gasteiger partial charge in [-0.1, -0.05) is 13.0 Å². The molecule has 0 fully saturated rings. The van der Waals surface area contributed by atoms with Crippen LogP contribution in [0.5, 0.6) is 0 Å². The Morgan fingerprint density at radius 2 is 2.00 bits per heavy atom. The number of furan rings is 1. The Morgan fingerprint density at radius 3 is 2.74 bits per heavy atom. The summed E-state index contributed by atoms with van der Waals surface area (Å²) in [4.78, 5) is 0. The number of hydrogen-bond donors (Lipinski definition) is 1. The number of benzene rings is 1. The van der Waals surface area contributed by atoms with Gasteiger partial charge in [-0.3, -0.25) is 0 Å². The average molecular weight is 265 g/mol. The Labute approximate surface area is 111 Å². The molecule has 1 aromatic carbocycles. The van der Waals surface area contributed by atoms with E-state index in [2.05, 4.69) is 12.2 Å². The fraction of sp³-hybridized carbons (Fsp3) is 0.333. The van der Waals surface area contributed by atoms with E-state index in [1.165, 1.54) is 12.1 Å². The Bertz CT molecular complexity index is 551. The van der Waals surface area contributed by atoms with Gasteiger partial charge >= 0.3 is 0 Å². The van der Waals surface area contributed by atoms with Crippen molar-refractivity contribution in [3.05, 3.63) is 47.7 Å². The summed E-state index contributed by atoms with van der Waals surface area (Å²) in [6.07, 6.45) is 1.02. The number of halogens is 2. The highest BCUT2D eigenvalue weighted by molar-refractivity contribution is 5.58. The molecule has 0 aliphatic heterocycles. The van der Waals surface area contributed by atoms with Crippen LogP contribution in [-0.2, 0) is 0 Å². The second kappa shape index (κ2) is 5.97. The highest BCUT2D eigenvalue weighted by Crippen LogP contribution is 2.28. The van der Waals surface area contributed by atoms with Gasteiger partial charge in [-0.25, -0.2) is 8.78 Å². The van der Waals surface area contributed by atoms with Gasteiger partial charge in [0.1, 0.15) is 11.5 Å². The van der Waals surface area contributed by atoms with Crippen LogP contribution in [0.4, 0.5) is 8.78 Å². The van der Waals surface area contributed by atoms with E-state index in [0.29, 0.717) is 11.5 Å². The van der Waals surface area contributed by atoms with Crippen LogP contribution >= 0.6 is 0 Å². The first-order chi connectivity index (χ1) is 9.13. The van der Waals surface area contributed by atoms with Crippen molar-refractivity contribution in [1.29, 1.82) is 0 Å². The normalized spacial score (nSPS) is 12.6. The predicted molar refractivity (Wildman–Crippen MR) is 70.8 cm³/mol. The summed E-state index contributed by atoms with van der Waals surface area (Å²) in [5.74, 6) is -0.686. The van der Waals surface area contributed by atoms with E-state index < -0.39 is 11.6 Å². The molecule has 0 aliphatic carbocycles. The maximum Gasteiger partial charge on any atom is 0.169 e. The molecule has 0 saturated carbocycles. The number of nitrogens with one attached hydrogen (secondary N) is 1. The summed E-state index contributed by atoms with van der Waals surface area (Å²) in [7, 11) is 0. The zero-order valence-electron chi connectivity index (χ0n) is 11.0. The lowest BCUT2D eigenvalue weighted by molar-refractivity contribution is 0.435. The van der Waals surface area contributed by atoms with Crippen molar-refractivity contribution >= 4 is 0 Å². The molecule has 2 aromatic rings. The van der Waals surface area contributed by atoms with E-state index in [9.17, 15) is 8.78 Å². The molecule has 1 N–H and O–H groups in total. The average Bonchev–Trinajstić information content (AvgIpc) is 2.88. The van der Waals surface area contributed by atoms with Crippen molar-refractivity contribution in [2.45, 2.75) is 26.3 Å². The molecule has 0 bridgehead atoms. The van der Waals surface area contributed by atoms with E-state index in [4.69, 9.17) is 4.42 Å². The number of rotatable bonds is 5.